The summed E-state index contributed by atoms with van der Waals surface area (Å²) >= 11 is 23.5. The number of benzene rings is 1. The standard InChI is InChI=1S/C20H20Cl4N2O3/c1-14(15-5-4-7-25-13-15)26-29-9-3-2-8-28-20-17(21)11-16(12-18(20)22)27-10-6-19(23)24/h4-7,11-13H,2-3,8-10H2,1H3. The quantitative estimate of drug-likeness (QED) is 0.205. The van der Waals surface area contributed by atoms with Crippen LogP contribution in [-0.2, 0) is 4.84 Å². The van der Waals surface area contributed by atoms with Gasteiger partial charge in [0.15, 0.2) is 5.75 Å². The van der Waals surface area contributed by atoms with Crippen LogP contribution in [0.25, 0.3) is 0 Å². The highest BCUT2D eigenvalue weighted by Gasteiger charge is 2.10. The number of hydrogen-bond donors (Lipinski definition) is 0. The van der Waals surface area contributed by atoms with Gasteiger partial charge in [0.1, 0.15) is 23.5 Å². The zero-order chi connectivity index (χ0) is 21.1. The van der Waals surface area contributed by atoms with Crippen LogP contribution < -0.4 is 9.47 Å². The van der Waals surface area contributed by atoms with E-state index in [4.69, 9.17) is 60.7 Å². The summed E-state index contributed by atoms with van der Waals surface area (Å²) in [6.45, 7) is 3.00. The Kier molecular flexibility index (Phi) is 10.4. The van der Waals surface area contributed by atoms with Crippen molar-refractivity contribution in [3.8, 4) is 11.5 Å². The van der Waals surface area contributed by atoms with Crippen molar-refractivity contribution in [1.29, 1.82) is 0 Å². The van der Waals surface area contributed by atoms with Gasteiger partial charge in [-0.3, -0.25) is 4.98 Å². The number of halogens is 4. The molecule has 1 aromatic heterocycles. The number of rotatable bonds is 11. The highest BCUT2D eigenvalue weighted by molar-refractivity contribution is 6.55. The molecule has 0 saturated heterocycles. The van der Waals surface area contributed by atoms with Gasteiger partial charge in [-0.05, 0) is 38.0 Å². The van der Waals surface area contributed by atoms with Crippen molar-refractivity contribution in [3.63, 3.8) is 0 Å². The Hall–Kier alpha value is -1.66. The molecule has 0 N–H and O–H groups in total. The van der Waals surface area contributed by atoms with Gasteiger partial charge in [0.05, 0.1) is 22.4 Å². The number of nitrogens with zero attached hydrogens (tertiary/aromatic N) is 2. The minimum atomic E-state index is 0.129. The summed E-state index contributed by atoms with van der Waals surface area (Å²) in [6.07, 6.45) is 6.49. The van der Waals surface area contributed by atoms with E-state index in [1.54, 1.807) is 24.5 Å². The molecule has 1 aromatic carbocycles. The van der Waals surface area contributed by atoms with Gasteiger partial charge in [-0.2, -0.15) is 0 Å². The van der Waals surface area contributed by atoms with Crippen LogP contribution in [0.15, 0.2) is 52.4 Å². The van der Waals surface area contributed by atoms with Crippen LogP contribution in [0.5, 0.6) is 11.5 Å². The zero-order valence-electron chi connectivity index (χ0n) is 15.7. The monoisotopic (exact) mass is 476 g/mol. The number of ether oxygens (including phenoxy) is 2. The third-order valence-electron chi connectivity index (χ3n) is 3.62. The Morgan fingerprint density at radius 2 is 1.83 bits per heavy atom. The number of unbranched alkanes of at least 4 members (excludes halogenated alkanes) is 1. The lowest BCUT2D eigenvalue weighted by Crippen LogP contribution is -2.02. The van der Waals surface area contributed by atoms with Gasteiger partial charge in [-0.1, -0.05) is 51.6 Å². The fraction of sp³-hybridized carbons (Fsp3) is 0.300. The van der Waals surface area contributed by atoms with Crippen molar-refractivity contribution < 1.29 is 14.3 Å². The van der Waals surface area contributed by atoms with Crippen molar-refractivity contribution in [1.82, 2.24) is 4.98 Å². The third kappa shape index (κ3) is 8.70. The highest BCUT2D eigenvalue weighted by atomic mass is 35.5. The maximum Gasteiger partial charge on any atom is 0.156 e. The molecule has 0 fully saturated rings. The molecule has 0 spiro atoms. The first-order valence-electron chi connectivity index (χ1n) is 8.80. The lowest BCUT2D eigenvalue weighted by atomic mass is 10.2. The SMILES string of the molecule is CC(=NOCCCCOc1c(Cl)cc(OCC=C(Cl)Cl)cc1Cl)c1cccnc1. The van der Waals surface area contributed by atoms with Crippen molar-refractivity contribution in [2.45, 2.75) is 19.8 Å². The molecule has 0 aliphatic rings. The van der Waals surface area contributed by atoms with E-state index in [1.165, 1.54) is 6.08 Å². The van der Waals surface area contributed by atoms with Crippen molar-refractivity contribution >= 4 is 52.1 Å². The molecule has 9 heteroatoms. The molecule has 2 rings (SSSR count). The maximum atomic E-state index is 6.23. The smallest absolute Gasteiger partial charge is 0.156 e. The molecule has 0 saturated carbocycles. The van der Waals surface area contributed by atoms with Gasteiger partial charge < -0.3 is 14.3 Å². The molecular formula is C20H20Cl4N2O3. The van der Waals surface area contributed by atoms with Gasteiger partial charge in [-0.15, -0.1) is 0 Å². The Labute approximate surface area is 190 Å². The van der Waals surface area contributed by atoms with E-state index in [9.17, 15) is 0 Å². The summed E-state index contributed by atoms with van der Waals surface area (Å²) in [5, 5.41) is 4.81. The molecule has 1 heterocycles. The maximum absolute atomic E-state index is 6.23. The van der Waals surface area contributed by atoms with E-state index in [0.29, 0.717) is 34.8 Å². The van der Waals surface area contributed by atoms with Crippen molar-refractivity contribution in [2.24, 2.45) is 5.16 Å². The molecule has 2 aromatic rings. The summed E-state index contributed by atoms with van der Waals surface area (Å²) in [5.74, 6) is 0.909. The van der Waals surface area contributed by atoms with Gasteiger partial charge >= 0.3 is 0 Å². The fourth-order valence-corrected chi connectivity index (χ4v) is 2.88. The normalized spacial score (nSPS) is 11.1. The summed E-state index contributed by atoms with van der Waals surface area (Å²) in [5.41, 5.74) is 1.70. The Morgan fingerprint density at radius 1 is 1.10 bits per heavy atom. The third-order valence-corrected chi connectivity index (χ3v) is 4.49. The molecule has 0 bridgehead atoms. The van der Waals surface area contributed by atoms with Crippen LogP contribution in [0.2, 0.25) is 10.0 Å². The van der Waals surface area contributed by atoms with Crippen molar-refractivity contribution in [3.05, 3.63) is 62.8 Å². The van der Waals surface area contributed by atoms with E-state index in [2.05, 4.69) is 10.1 Å². The predicted octanol–water partition coefficient (Wildman–Crippen LogP) is 6.69. The van der Waals surface area contributed by atoms with Gasteiger partial charge in [-0.25, -0.2) is 0 Å². The Morgan fingerprint density at radius 3 is 2.48 bits per heavy atom. The van der Waals surface area contributed by atoms with Crippen LogP contribution in [0.3, 0.4) is 0 Å². The van der Waals surface area contributed by atoms with Crippen LogP contribution in [0.1, 0.15) is 25.3 Å². The molecular weight excluding hydrogens is 458 g/mol. The first-order chi connectivity index (χ1) is 14.0. The van der Waals surface area contributed by atoms with E-state index in [-0.39, 0.29) is 11.1 Å². The van der Waals surface area contributed by atoms with Crippen LogP contribution >= 0.6 is 46.4 Å². The van der Waals surface area contributed by atoms with Gasteiger partial charge in [0.25, 0.3) is 0 Å². The van der Waals surface area contributed by atoms with Crippen LogP contribution in [-0.4, -0.2) is 30.5 Å². The molecule has 0 aliphatic carbocycles. The second kappa shape index (κ2) is 12.8. The lowest BCUT2D eigenvalue weighted by molar-refractivity contribution is 0.135. The molecule has 29 heavy (non-hydrogen) atoms. The largest absolute Gasteiger partial charge is 0.490 e. The second-order valence-corrected chi connectivity index (χ2v) is 7.65. The Balaban J connectivity index is 1.71. The summed E-state index contributed by atoms with van der Waals surface area (Å²) in [6, 6.07) is 7.03. The zero-order valence-corrected chi connectivity index (χ0v) is 18.7. The molecule has 0 atom stereocenters. The average molecular weight is 478 g/mol. The van der Waals surface area contributed by atoms with Gasteiger partial charge in [0.2, 0.25) is 0 Å². The average Bonchev–Trinajstić information content (AvgIpc) is 2.69. The van der Waals surface area contributed by atoms with E-state index < -0.39 is 0 Å². The molecule has 0 aliphatic heterocycles. The van der Waals surface area contributed by atoms with Gasteiger partial charge in [0, 0.05) is 30.1 Å². The minimum absolute atomic E-state index is 0.129. The Bertz CT molecular complexity index is 818. The number of pyridine rings is 1. The van der Waals surface area contributed by atoms with Crippen LogP contribution in [0.4, 0.5) is 0 Å². The fourth-order valence-electron chi connectivity index (χ4n) is 2.17. The highest BCUT2D eigenvalue weighted by Crippen LogP contribution is 2.37. The molecule has 5 nitrogen and oxygen atoms in total. The van der Waals surface area contributed by atoms with E-state index in [1.807, 2.05) is 19.1 Å². The number of aromatic nitrogens is 1. The van der Waals surface area contributed by atoms with Crippen molar-refractivity contribution in [2.75, 3.05) is 19.8 Å². The van der Waals surface area contributed by atoms with E-state index >= 15 is 0 Å². The summed E-state index contributed by atoms with van der Waals surface area (Å²) in [4.78, 5) is 9.38. The number of hydrogen-bond acceptors (Lipinski definition) is 5. The minimum Gasteiger partial charge on any atom is -0.490 e. The predicted molar refractivity (Wildman–Crippen MR) is 119 cm³/mol. The molecule has 0 radical (unpaired) electrons. The topological polar surface area (TPSA) is 52.9 Å². The van der Waals surface area contributed by atoms with Crippen LogP contribution in [0, 0.1) is 0 Å². The van der Waals surface area contributed by atoms with E-state index in [0.717, 1.165) is 24.1 Å². The first-order valence-corrected chi connectivity index (χ1v) is 10.3. The lowest BCUT2D eigenvalue weighted by Gasteiger charge is -2.12. The number of oxime groups is 1. The summed E-state index contributed by atoms with van der Waals surface area (Å²) < 4.78 is 11.3. The summed E-state index contributed by atoms with van der Waals surface area (Å²) in [7, 11) is 0. The second-order valence-electron chi connectivity index (χ2n) is 5.83. The molecule has 156 valence electrons. The molecule has 0 unspecified atom stereocenters. The molecule has 0 amide bonds. The first kappa shape index (κ1) is 23.6.